The molecule has 1 heterocycles. The largest absolute Gasteiger partial charge is 0.444 e. The van der Waals surface area contributed by atoms with E-state index in [0.29, 0.717) is 19.0 Å². The fraction of sp³-hybridized carbons (Fsp3) is 0.438. The Morgan fingerprint density at radius 2 is 1.95 bits per heavy atom. The van der Waals surface area contributed by atoms with Crippen molar-refractivity contribution in [2.75, 3.05) is 13.1 Å². The molecule has 0 bridgehead atoms. The van der Waals surface area contributed by atoms with Gasteiger partial charge in [0.15, 0.2) is 0 Å². The van der Waals surface area contributed by atoms with Crippen molar-refractivity contribution in [3.63, 3.8) is 0 Å². The molecule has 0 fully saturated rings. The molecule has 0 saturated heterocycles. The first-order chi connectivity index (χ1) is 9.48. The number of hydrogen-bond donors (Lipinski definition) is 1. The standard InChI is InChI=1S/C16H22N2O2/c1-4-18(12-16(2,3)19)10-14-11-20-15(17-14)13-8-6-5-7-9-13/h5-9,11,19H,4,10,12H2,1-3H3. The van der Waals surface area contributed by atoms with Crippen LogP contribution in [0.5, 0.6) is 0 Å². The predicted molar refractivity (Wildman–Crippen MR) is 79.2 cm³/mol. The second-order valence-corrected chi connectivity index (χ2v) is 5.63. The van der Waals surface area contributed by atoms with E-state index in [-0.39, 0.29) is 0 Å². The summed E-state index contributed by atoms with van der Waals surface area (Å²) in [6.07, 6.45) is 1.69. The van der Waals surface area contributed by atoms with Gasteiger partial charge in [-0.15, -0.1) is 0 Å². The van der Waals surface area contributed by atoms with Crippen molar-refractivity contribution < 1.29 is 9.52 Å². The lowest BCUT2D eigenvalue weighted by Crippen LogP contribution is -2.38. The van der Waals surface area contributed by atoms with Crippen molar-refractivity contribution in [1.29, 1.82) is 0 Å². The molecule has 0 unspecified atom stereocenters. The zero-order chi connectivity index (χ0) is 14.6. The predicted octanol–water partition coefficient (Wildman–Crippen LogP) is 2.93. The van der Waals surface area contributed by atoms with Gasteiger partial charge in [-0.3, -0.25) is 4.90 Å². The smallest absolute Gasteiger partial charge is 0.226 e. The Morgan fingerprint density at radius 1 is 1.25 bits per heavy atom. The summed E-state index contributed by atoms with van der Waals surface area (Å²) in [5.74, 6) is 0.639. The van der Waals surface area contributed by atoms with E-state index in [2.05, 4.69) is 16.8 Å². The van der Waals surface area contributed by atoms with Crippen LogP contribution in [0.3, 0.4) is 0 Å². The molecule has 108 valence electrons. The lowest BCUT2D eigenvalue weighted by molar-refractivity contribution is 0.0349. The van der Waals surface area contributed by atoms with Crippen LogP contribution in [0.25, 0.3) is 11.5 Å². The van der Waals surface area contributed by atoms with Gasteiger partial charge >= 0.3 is 0 Å². The molecular formula is C16H22N2O2. The first-order valence-electron chi connectivity index (χ1n) is 6.92. The number of hydrogen-bond acceptors (Lipinski definition) is 4. The van der Waals surface area contributed by atoms with Gasteiger partial charge in [0.1, 0.15) is 6.26 Å². The average Bonchev–Trinajstić information content (AvgIpc) is 2.86. The fourth-order valence-corrected chi connectivity index (χ4v) is 2.15. The van der Waals surface area contributed by atoms with Crippen LogP contribution in [-0.4, -0.2) is 33.7 Å². The second kappa shape index (κ2) is 6.20. The summed E-state index contributed by atoms with van der Waals surface area (Å²) in [7, 11) is 0. The summed E-state index contributed by atoms with van der Waals surface area (Å²) in [6.45, 7) is 7.84. The minimum absolute atomic E-state index is 0.608. The fourth-order valence-electron chi connectivity index (χ4n) is 2.15. The van der Waals surface area contributed by atoms with E-state index in [4.69, 9.17) is 4.42 Å². The highest BCUT2D eigenvalue weighted by Gasteiger charge is 2.18. The van der Waals surface area contributed by atoms with Crippen LogP contribution in [0.4, 0.5) is 0 Å². The quantitative estimate of drug-likeness (QED) is 0.880. The summed E-state index contributed by atoms with van der Waals surface area (Å²) in [4.78, 5) is 6.65. The van der Waals surface area contributed by atoms with Gasteiger partial charge in [-0.2, -0.15) is 0 Å². The van der Waals surface area contributed by atoms with E-state index >= 15 is 0 Å². The summed E-state index contributed by atoms with van der Waals surface area (Å²) in [5.41, 5.74) is 1.15. The Bertz CT molecular complexity index is 529. The minimum atomic E-state index is -0.706. The van der Waals surface area contributed by atoms with Crippen molar-refractivity contribution in [1.82, 2.24) is 9.88 Å². The Balaban J connectivity index is 2.05. The molecular weight excluding hydrogens is 252 g/mol. The number of likely N-dealkylation sites (N-methyl/N-ethyl adjacent to an activating group) is 1. The number of nitrogens with zero attached hydrogens (tertiary/aromatic N) is 2. The molecule has 0 aliphatic heterocycles. The summed E-state index contributed by atoms with van der Waals surface area (Å²) in [6, 6.07) is 9.85. The third-order valence-electron chi connectivity index (χ3n) is 3.02. The van der Waals surface area contributed by atoms with Gasteiger partial charge in [-0.05, 0) is 32.5 Å². The van der Waals surface area contributed by atoms with Crippen molar-refractivity contribution >= 4 is 0 Å². The highest BCUT2D eigenvalue weighted by atomic mass is 16.3. The topological polar surface area (TPSA) is 49.5 Å². The molecule has 1 N–H and O–H groups in total. The van der Waals surface area contributed by atoms with E-state index in [0.717, 1.165) is 17.8 Å². The Hall–Kier alpha value is -1.65. The maximum Gasteiger partial charge on any atom is 0.226 e. The molecule has 0 atom stereocenters. The molecule has 2 rings (SSSR count). The zero-order valence-corrected chi connectivity index (χ0v) is 12.3. The van der Waals surface area contributed by atoms with Crippen LogP contribution in [-0.2, 0) is 6.54 Å². The van der Waals surface area contributed by atoms with Crippen LogP contribution in [0, 0.1) is 0 Å². The third-order valence-corrected chi connectivity index (χ3v) is 3.02. The highest BCUT2D eigenvalue weighted by Crippen LogP contribution is 2.19. The zero-order valence-electron chi connectivity index (χ0n) is 12.3. The number of rotatable bonds is 6. The second-order valence-electron chi connectivity index (χ2n) is 5.63. The van der Waals surface area contributed by atoms with Crippen LogP contribution in [0.2, 0.25) is 0 Å². The lowest BCUT2D eigenvalue weighted by atomic mass is 10.1. The van der Waals surface area contributed by atoms with Gasteiger partial charge in [0.2, 0.25) is 5.89 Å². The van der Waals surface area contributed by atoms with Crippen LogP contribution >= 0.6 is 0 Å². The Kier molecular flexibility index (Phi) is 4.57. The highest BCUT2D eigenvalue weighted by molar-refractivity contribution is 5.52. The van der Waals surface area contributed by atoms with Crippen molar-refractivity contribution in [3.8, 4) is 11.5 Å². The monoisotopic (exact) mass is 274 g/mol. The molecule has 4 heteroatoms. The molecule has 4 nitrogen and oxygen atoms in total. The lowest BCUT2D eigenvalue weighted by Gasteiger charge is -2.27. The van der Waals surface area contributed by atoms with E-state index in [1.54, 1.807) is 6.26 Å². The normalized spacial score (nSPS) is 12.1. The maximum atomic E-state index is 9.89. The average molecular weight is 274 g/mol. The summed E-state index contributed by atoms with van der Waals surface area (Å²) >= 11 is 0. The number of oxazole rings is 1. The van der Waals surface area contributed by atoms with Gasteiger partial charge < -0.3 is 9.52 Å². The molecule has 1 aromatic carbocycles. The van der Waals surface area contributed by atoms with Crippen molar-refractivity contribution in [3.05, 3.63) is 42.3 Å². The maximum absolute atomic E-state index is 9.89. The van der Waals surface area contributed by atoms with Crippen LogP contribution in [0.1, 0.15) is 26.5 Å². The van der Waals surface area contributed by atoms with Crippen molar-refractivity contribution in [2.45, 2.75) is 32.9 Å². The summed E-state index contributed by atoms with van der Waals surface area (Å²) < 4.78 is 5.53. The number of aliphatic hydroxyl groups is 1. The number of benzene rings is 1. The molecule has 20 heavy (non-hydrogen) atoms. The van der Waals surface area contributed by atoms with Gasteiger partial charge in [0.05, 0.1) is 11.3 Å². The molecule has 2 aromatic rings. The van der Waals surface area contributed by atoms with Crippen molar-refractivity contribution in [2.24, 2.45) is 0 Å². The van der Waals surface area contributed by atoms with E-state index < -0.39 is 5.60 Å². The molecule has 0 aliphatic rings. The molecule has 0 aliphatic carbocycles. The Morgan fingerprint density at radius 3 is 2.55 bits per heavy atom. The third kappa shape index (κ3) is 4.18. The van der Waals surface area contributed by atoms with E-state index in [9.17, 15) is 5.11 Å². The Labute approximate surface area is 120 Å². The SMILES string of the molecule is CCN(Cc1coc(-c2ccccc2)n1)CC(C)(C)O. The van der Waals surface area contributed by atoms with Gasteiger partial charge in [0, 0.05) is 18.7 Å². The molecule has 0 saturated carbocycles. The number of aromatic nitrogens is 1. The first-order valence-corrected chi connectivity index (χ1v) is 6.92. The minimum Gasteiger partial charge on any atom is -0.444 e. The first kappa shape index (κ1) is 14.8. The van der Waals surface area contributed by atoms with Gasteiger partial charge in [0.25, 0.3) is 0 Å². The van der Waals surface area contributed by atoms with Crippen LogP contribution in [0.15, 0.2) is 41.0 Å². The van der Waals surface area contributed by atoms with E-state index in [1.807, 2.05) is 44.2 Å². The van der Waals surface area contributed by atoms with E-state index in [1.165, 1.54) is 0 Å². The molecule has 1 aromatic heterocycles. The van der Waals surface area contributed by atoms with Gasteiger partial charge in [-0.1, -0.05) is 25.1 Å². The van der Waals surface area contributed by atoms with Crippen LogP contribution < -0.4 is 0 Å². The summed E-state index contributed by atoms with van der Waals surface area (Å²) in [5, 5.41) is 9.89. The molecule has 0 amide bonds. The molecule has 0 spiro atoms. The van der Waals surface area contributed by atoms with Gasteiger partial charge in [-0.25, -0.2) is 4.98 Å². The molecule has 0 radical (unpaired) electrons.